The molecule has 2 saturated heterocycles. The molecular formula is C16H23N3O. The third-order valence-electron chi connectivity index (χ3n) is 4.72. The fourth-order valence-electron chi connectivity index (χ4n) is 3.45. The molecule has 2 aliphatic heterocycles. The Balaban J connectivity index is 1.60. The van der Waals surface area contributed by atoms with E-state index >= 15 is 0 Å². The highest BCUT2D eigenvalue weighted by Crippen LogP contribution is 2.29. The number of rotatable bonds is 3. The molecule has 0 saturated carbocycles. The predicted octanol–water partition coefficient (Wildman–Crippen LogP) is 1.67. The lowest BCUT2D eigenvalue weighted by molar-refractivity contribution is -0.131. The second-order valence-corrected chi connectivity index (χ2v) is 6.25. The number of carbonyl (C=O) groups excluding carboxylic acids is 1. The average molecular weight is 273 g/mol. The van der Waals surface area contributed by atoms with E-state index in [4.69, 9.17) is 0 Å². The van der Waals surface area contributed by atoms with Crippen molar-refractivity contribution in [3.8, 4) is 0 Å². The van der Waals surface area contributed by atoms with Crippen molar-refractivity contribution >= 4 is 5.91 Å². The van der Waals surface area contributed by atoms with Crippen molar-refractivity contribution in [3.05, 3.63) is 29.6 Å². The van der Waals surface area contributed by atoms with E-state index in [0.29, 0.717) is 24.5 Å². The highest BCUT2D eigenvalue weighted by molar-refractivity contribution is 5.78. The van der Waals surface area contributed by atoms with Crippen molar-refractivity contribution in [2.75, 3.05) is 7.05 Å². The predicted molar refractivity (Wildman–Crippen MR) is 78.4 cm³/mol. The molecule has 0 radical (unpaired) electrons. The number of aryl methyl sites for hydroxylation is 1. The van der Waals surface area contributed by atoms with Gasteiger partial charge in [0, 0.05) is 37.1 Å². The number of pyridine rings is 1. The molecule has 4 heteroatoms. The van der Waals surface area contributed by atoms with Crippen LogP contribution in [0.25, 0.3) is 0 Å². The third-order valence-corrected chi connectivity index (χ3v) is 4.72. The number of nitrogens with one attached hydrogen (secondary N) is 1. The number of aromatic nitrogens is 1. The molecule has 1 N–H and O–H groups in total. The number of piperidine rings is 1. The molecule has 1 aromatic rings. The lowest BCUT2D eigenvalue weighted by Crippen LogP contribution is -2.49. The minimum absolute atomic E-state index is 0.210. The van der Waals surface area contributed by atoms with Crippen LogP contribution in [-0.2, 0) is 11.2 Å². The minimum Gasteiger partial charge on any atom is -0.342 e. The summed E-state index contributed by atoms with van der Waals surface area (Å²) < 4.78 is 0. The minimum atomic E-state index is 0.210. The fourth-order valence-corrected chi connectivity index (χ4v) is 3.45. The molecule has 2 atom stereocenters. The zero-order valence-corrected chi connectivity index (χ0v) is 12.3. The summed E-state index contributed by atoms with van der Waals surface area (Å²) in [5.41, 5.74) is 1.99. The topological polar surface area (TPSA) is 45.2 Å². The van der Waals surface area contributed by atoms with Gasteiger partial charge in [0.25, 0.3) is 0 Å². The van der Waals surface area contributed by atoms with Crippen molar-refractivity contribution in [1.29, 1.82) is 0 Å². The largest absolute Gasteiger partial charge is 0.342 e. The maximum absolute atomic E-state index is 12.4. The Kier molecular flexibility index (Phi) is 3.74. The fraction of sp³-hybridized carbons (Fsp3) is 0.625. The average Bonchev–Trinajstić information content (AvgIpc) is 2.79. The summed E-state index contributed by atoms with van der Waals surface area (Å²) in [5.74, 6) is 0.210. The number of likely N-dealkylation sites (N-methyl/N-ethyl adjacent to an activating group) is 1. The van der Waals surface area contributed by atoms with E-state index in [0.717, 1.165) is 24.1 Å². The second kappa shape index (κ2) is 5.52. The van der Waals surface area contributed by atoms with Gasteiger partial charge in [0.05, 0.1) is 6.42 Å². The zero-order chi connectivity index (χ0) is 14.1. The quantitative estimate of drug-likeness (QED) is 0.911. The standard InChI is InChI=1S/C16H23N3O/c1-11-3-4-12(10-17-11)7-16(20)19(2)15-8-13-5-6-14(9-15)18-13/h3-4,10,13-15,18H,5-9H2,1-2H3. The van der Waals surface area contributed by atoms with Crippen LogP contribution in [0.3, 0.4) is 0 Å². The number of amides is 1. The highest BCUT2D eigenvalue weighted by atomic mass is 16.2. The first kappa shape index (κ1) is 13.6. The summed E-state index contributed by atoms with van der Waals surface area (Å²) >= 11 is 0. The number of hydrogen-bond donors (Lipinski definition) is 1. The summed E-state index contributed by atoms with van der Waals surface area (Å²) in [6.07, 6.45) is 7.02. The molecule has 0 aliphatic carbocycles. The maximum Gasteiger partial charge on any atom is 0.227 e. The van der Waals surface area contributed by atoms with Gasteiger partial charge in [-0.25, -0.2) is 0 Å². The van der Waals surface area contributed by atoms with Crippen molar-refractivity contribution in [1.82, 2.24) is 15.2 Å². The van der Waals surface area contributed by atoms with Gasteiger partial charge in [-0.3, -0.25) is 9.78 Å². The van der Waals surface area contributed by atoms with Crippen LogP contribution in [0.4, 0.5) is 0 Å². The lowest BCUT2D eigenvalue weighted by atomic mass is 9.98. The van der Waals surface area contributed by atoms with Gasteiger partial charge in [-0.1, -0.05) is 6.07 Å². The summed E-state index contributed by atoms with van der Waals surface area (Å²) in [7, 11) is 1.96. The van der Waals surface area contributed by atoms with Crippen LogP contribution in [0.2, 0.25) is 0 Å². The van der Waals surface area contributed by atoms with Crippen LogP contribution in [0, 0.1) is 6.92 Å². The summed E-state index contributed by atoms with van der Waals surface area (Å²) in [5, 5.41) is 3.62. The number of fused-ring (bicyclic) bond motifs is 2. The first-order valence-corrected chi connectivity index (χ1v) is 7.55. The number of nitrogens with zero attached hydrogens (tertiary/aromatic N) is 2. The van der Waals surface area contributed by atoms with E-state index < -0.39 is 0 Å². The summed E-state index contributed by atoms with van der Waals surface area (Å²) in [6, 6.07) is 5.61. The van der Waals surface area contributed by atoms with E-state index in [-0.39, 0.29) is 5.91 Å². The first-order valence-electron chi connectivity index (χ1n) is 7.55. The molecule has 3 rings (SSSR count). The molecule has 1 aromatic heterocycles. The smallest absolute Gasteiger partial charge is 0.227 e. The Bertz CT molecular complexity index is 473. The van der Waals surface area contributed by atoms with Gasteiger partial charge in [0.15, 0.2) is 0 Å². The van der Waals surface area contributed by atoms with Crippen LogP contribution >= 0.6 is 0 Å². The van der Waals surface area contributed by atoms with Crippen LogP contribution in [0.15, 0.2) is 18.3 Å². The maximum atomic E-state index is 12.4. The van der Waals surface area contributed by atoms with E-state index in [9.17, 15) is 4.79 Å². The molecule has 2 fully saturated rings. The van der Waals surface area contributed by atoms with Crippen LogP contribution in [0.5, 0.6) is 0 Å². The Morgan fingerprint density at radius 1 is 1.35 bits per heavy atom. The SMILES string of the molecule is Cc1ccc(CC(=O)N(C)C2CC3CCC(C2)N3)cn1. The Hall–Kier alpha value is -1.42. The number of carbonyl (C=O) groups is 1. The lowest BCUT2D eigenvalue weighted by Gasteiger charge is -2.35. The zero-order valence-electron chi connectivity index (χ0n) is 12.3. The van der Waals surface area contributed by atoms with E-state index in [1.54, 1.807) is 0 Å². The van der Waals surface area contributed by atoms with Crippen LogP contribution in [0.1, 0.15) is 36.9 Å². The Morgan fingerprint density at radius 2 is 2.05 bits per heavy atom. The molecular weight excluding hydrogens is 250 g/mol. The molecule has 20 heavy (non-hydrogen) atoms. The second-order valence-electron chi connectivity index (χ2n) is 6.25. The van der Waals surface area contributed by atoms with Gasteiger partial charge < -0.3 is 10.2 Å². The van der Waals surface area contributed by atoms with Gasteiger partial charge in [-0.05, 0) is 44.2 Å². The van der Waals surface area contributed by atoms with Gasteiger partial charge >= 0.3 is 0 Å². The molecule has 108 valence electrons. The highest BCUT2D eigenvalue weighted by Gasteiger charge is 2.36. The molecule has 0 aromatic carbocycles. The van der Waals surface area contributed by atoms with E-state index in [1.807, 2.05) is 37.2 Å². The molecule has 3 heterocycles. The van der Waals surface area contributed by atoms with E-state index in [2.05, 4.69) is 10.3 Å². The molecule has 2 unspecified atom stereocenters. The van der Waals surface area contributed by atoms with Gasteiger partial charge in [0.2, 0.25) is 5.91 Å². The van der Waals surface area contributed by atoms with E-state index in [1.165, 1.54) is 12.8 Å². The van der Waals surface area contributed by atoms with Crippen LogP contribution in [-0.4, -0.2) is 41.0 Å². The van der Waals surface area contributed by atoms with Crippen molar-refractivity contribution in [2.45, 2.75) is 57.2 Å². The van der Waals surface area contributed by atoms with Gasteiger partial charge in [0.1, 0.15) is 0 Å². The van der Waals surface area contributed by atoms with Crippen molar-refractivity contribution in [2.24, 2.45) is 0 Å². The van der Waals surface area contributed by atoms with Gasteiger partial charge in [-0.2, -0.15) is 0 Å². The van der Waals surface area contributed by atoms with Crippen molar-refractivity contribution < 1.29 is 4.79 Å². The Labute approximate surface area is 120 Å². The summed E-state index contributed by atoms with van der Waals surface area (Å²) in [4.78, 5) is 18.6. The molecule has 2 bridgehead atoms. The number of hydrogen-bond acceptors (Lipinski definition) is 3. The normalized spacial score (nSPS) is 28.4. The first-order chi connectivity index (χ1) is 9.61. The van der Waals surface area contributed by atoms with Crippen LogP contribution < -0.4 is 5.32 Å². The molecule has 1 amide bonds. The summed E-state index contributed by atoms with van der Waals surface area (Å²) in [6.45, 7) is 1.96. The molecule has 0 spiro atoms. The van der Waals surface area contributed by atoms with Crippen molar-refractivity contribution in [3.63, 3.8) is 0 Å². The van der Waals surface area contributed by atoms with Gasteiger partial charge in [-0.15, -0.1) is 0 Å². The molecule has 4 nitrogen and oxygen atoms in total. The third kappa shape index (κ3) is 2.85. The molecule has 2 aliphatic rings. The monoisotopic (exact) mass is 273 g/mol. The Morgan fingerprint density at radius 3 is 2.65 bits per heavy atom.